The molecule has 0 aromatic carbocycles. The van der Waals surface area contributed by atoms with Gasteiger partial charge in [0.05, 0.1) is 10.4 Å². The average molecular weight is 175 g/mol. The maximum Gasteiger partial charge on any atom is 0.181 e. The second-order valence-corrected chi connectivity index (χ2v) is 4.11. The van der Waals surface area contributed by atoms with Crippen LogP contribution in [-0.4, -0.2) is 17.3 Å². The zero-order chi connectivity index (χ0) is 7.40. The summed E-state index contributed by atoms with van der Waals surface area (Å²) in [6.07, 6.45) is 1.78. The Balaban J connectivity index is 2.42. The van der Waals surface area contributed by atoms with Crippen LogP contribution in [0.4, 0.5) is 5.13 Å². The Labute approximate surface area is 67.8 Å². The summed E-state index contributed by atoms with van der Waals surface area (Å²) in [5.41, 5.74) is 10.7. The van der Waals surface area contributed by atoms with Gasteiger partial charge >= 0.3 is 0 Å². The molecule has 0 saturated heterocycles. The van der Waals surface area contributed by atoms with E-state index < -0.39 is 0 Å². The van der Waals surface area contributed by atoms with Crippen molar-refractivity contribution in [2.75, 3.05) is 18.0 Å². The SMILES string of the molecule is NCCSc1cnc(N)s1. The first-order valence-electron chi connectivity index (χ1n) is 2.87. The fourth-order valence-electron chi connectivity index (χ4n) is 0.498. The van der Waals surface area contributed by atoms with Crippen LogP contribution >= 0.6 is 23.1 Å². The molecule has 0 aliphatic rings. The predicted molar refractivity (Wildman–Crippen MR) is 46.3 cm³/mol. The number of rotatable bonds is 3. The molecular formula is C5H9N3S2. The van der Waals surface area contributed by atoms with Crippen LogP contribution in [0.25, 0.3) is 0 Å². The van der Waals surface area contributed by atoms with Crippen molar-refractivity contribution in [3.05, 3.63) is 6.20 Å². The van der Waals surface area contributed by atoms with Gasteiger partial charge in [-0.3, -0.25) is 0 Å². The van der Waals surface area contributed by atoms with Crippen molar-refractivity contribution < 1.29 is 0 Å². The second kappa shape index (κ2) is 3.80. The number of nitrogen functional groups attached to an aromatic ring is 1. The van der Waals surface area contributed by atoms with Gasteiger partial charge in [0, 0.05) is 12.3 Å². The third-order valence-electron chi connectivity index (χ3n) is 0.865. The van der Waals surface area contributed by atoms with Crippen LogP contribution in [0.5, 0.6) is 0 Å². The van der Waals surface area contributed by atoms with Crippen molar-refractivity contribution in [2.45, 2.75) is 4.21 Å². The van der Waals surface area contributed by atoms with Gasteiger partial charge in [0.1, 0.15) is 0 Å². The lowest BCUT2D eigenvalue weighted by atomic mass is 10.8. The number of thioether (sulfide) groups is 1. The van der Waals surface area contributed by atoms with Crippen molar-refractivity contribution in [3.63, 3.8) is 0 Å². The topological polar surface area (TPSA) is 64.9 Å². The summed E-state index contributed by atoms with van der Waals surface area (Å²) in [6.45, 7) is 0.697. The lowest BCUT2D eigenvalue weighted by Crippen LogP contribution is -2.00. The molecule has 0 bridgehead atoms. The summed E-state index contributed by atoms with van der Waals surface area (Å²) < 4.78 is 1.14. The van der Waals surface area contributed by atoms with E-state index in [-0.39, 0.29) is 0 Å². The van der Waals surface area contributed by atoms with E-state index in [9.17, 15) is 0 Å². The molecule has 3 nitrogen and oxygen atoms in total. The standard InChI is InChI=1S/C5H9N3S2/c6-1-2-9-4-3-8-5(7)10-4/h3H,1-2,6H2,(H2,7,8). The van der Waals surface area contributed by atoms with Gasteiger partial charge in [-0.25, -0.2) is 4.98 Å². The van der Waals surface area contributed by atoms with Gasteiger partial charge in [0.15, 0.2) is 5.13 Å². The van der Waals surface area contributed by atoms with Crippen molar-refractivity contribution in [3.8, 4) is 0 Å². The van der Waals surface area contributed by atoms with Crippen LogP contribution < -0.4 is 11.5 Å². The first-order chi connectivity index (χ1) is 4.83. The van der Waals surface area contributed by atoms with E-state index in [1.54, 1.807) is 18.0 Å². The molecule has 0 aliphatic carbocycles. The molecule has 5 heteroatoms. The molecule has 10 heavy (non-hydrogen) atoms. The highest BCUT2D eigenvalue weighted by Gasteiger charge is 1.96. The van der Waals surface area contributed by atoms with Crippen molar-refractivity contribution in [1.29, 1.82) is 0 Å². The number of hydrogen-bond donors (Lipinski definition) is 2. The number of nitrogens with zero attached hydrogens (tertiary/aromatic N) is 1. The lowest BCUT2D eigenvalue weighted by Gasteiger charge is -1.89. The molecule has 56 valence electrons. The van der Waals surface area contributed by atoms with E-state index in [2.05, 4.69) is 4.98 Å². The number of thiazole rings is 1. The number of anilines is 1. The van der Waals surface area contributed by atoms with E-state index in [4.69, 9.17) is 11.5 Å². The van der Waals surface area contributed by atoms with Crippen LogP contribution in [0.2, 0.25) is 0 Å². The Morgan fingerprint density at radius 2 is 2.50 bits per heavy atom. The summed E-state index contributed by atoms with van der Waals surface area (Å²) in [5.74, 6) is 0.932. The van der Waals surface area contributed by atoms with E-state index in [1.807, 2.05) is 0 Å². The summed E-state index contributed by atoms with van der Waals surface area (Å²) >= 11 is 3.19. The van der Waals surface area contributed by atoms with Crippen molar-refractivity contribution in [1.82, 2.24) is 4.98 Å². The molecule has 4 N–H and O–H groups in total. The molecule has 1 aromatic rings. The fourth-order valence-corrected chi connectivity index (χ4v) is 2.10. The van der Waals surface area contributed by atoms with Gasteiger partial charge in [0.25, 0.3) is 0 Å². The molecule has 1 rings (SSSR count). The molecular weight excluding hydrogens is 166 g/mol. The van der Waals surface area contributed by atoms with E-state index in [1.165, 1.54) is 11.3 Å². The number of nitrogens with two attached hydrogens (primary N) is 2. The van der Waals surface area contributed by atoms with Gasteiger partial charge in [0.2, 0.25) is 0 Å². The Hall–Kier alpha value is -0.260. The lowest BCUT2D eigenvalue weighted by molar-refractivity contribution is 1.15. The van der Waals surface area contributed by atoms with Crippen LogP contribution in [0, 0.1) is 0 Å². The first kappa shape index (κ1) is 7.84. The molecule has 0 spiro atoms. The Bertz CT molecular complexity index is 199. The molecule has 0 unspecified atom stereocenters. The monoisotopic (exact) mass is 175 g/mol. The first-order valence-corrected chi connectivity index (χ1v) is 4.67. The Morgan fingerprint density at radius 1 is 1.70 bits per heavy atom. The molecule has 0 radical (unpaired) electrons. The Kier molecular flexibility index (Phi) is 2.98. The van der Waals surface area contributed by atoms with Gasteiger partial charge in [-0.1, -0.05) is 11.3 Å². The summed E-state index contributed by atoms with van der Waals surface area (Å²) in [6, 6.07) is 0. The fraction of sp³-hybridized carbons (Fsp3) is 0.400. The van der Waals surface area contributed by atoms with Gasteiger partial charge < -0.3 is 11.5 Å². The highest BCUT2D eigenvalue weighted by molar-refractivity contribution is 8.01. The smallest absolute Gasteiger partial charge is 0.181 e. The van der Waals surface area contributed by atoms with Crippen LogP contribution in [0.15, 0.2) is 10.4 Å². The summed E-state index contributed by atoms with van der Waals surface area (Å²) in [5, 5.41) is 0.625. The van der Waals surface area contributed by atoms with E-state index in [0.717, 1.165) is 9.96 Å². The maximum absolute atomic E-state index is 5.41. The quantitative estimate of drug-likeness (QED) is 0.666. The van der Waals surface area contributed by atoms with Gasteiger partial charge in [-0.15, -0.1) is 11.8 Å². The highest BCUT2D eigenvalue weighted by Crippen LogP contribution is 2.25. The molecule has 1 heterocycles. The van der Waals surface area contributed by atoms with Crippen molar-refractivity contribution in [2.24, 2.45) is 5.73 Å². The predicted octanol–water partition coefficient (Wildman–Crippen LogP) is 0.776. The largest absolute Gasteiger partial charge is 0.375 e. The van der Waals surface area contributed by atoms with Crippen LogP contribution in [0.3, 0.4) is 0 Å². The molecule has 0 amide bonds. The van der Waals surface area contributed by atoms with Gasteiger partial charge in [-0.2, -0.15) is 0 Å². The normalized spacial score (nSPS) is 10.1. The minimum absolute atomic E-state index is 0.625. The Morgan fingerprint density at radius 3 is 3.00 bits per heavy atom. The highest BCUT2D eigenvalue weighted by atomic mass is 32.2. The minimum atomic E-state index is 0.625. The molecule has 0 saturated carbocycles. The maximum atomic E-state index is 5.41. The molecule has 1 aromatic heterocycles. The number of hydrogen-bond acceptors (Lipinski definition) is 5. The molecule has 0 aliphatic heterocycles. The molecule has 0 atom stereocenters. The minimum Gasteiger partial charge on any atom is -0.375 e. The number of aromatic nitrogens is 1. The van der Waals surface area contributed by atoms with Crippen LogP contribution in [0.1, 0.15) is 0 Å². The average Bonchev–Trinajstić information content (AvgIpc) is 2.31. The zero-order valence-electron chi connectivity index (χ0n) is 5.41. The third kappa shape index (κ3) is 2.17. The van der Waals surface area contributed by atoms with Crippen molar-refractivity contribution >= 4 is 28.2 Å². The van der Waals surface area contributed by atoms with E-state index >= 15 is 0 Å². The second-order valence-electron chi connectivity index (χ2n) is 1.65. The van der Waals surface area contributed by atoms with Gasteiger partial charge in [-0.05, 0) is 0 Å². The summed E-state index contributed by atoms with van der Waals surface area (Å²) in [4.78, 5) is 3.90. The summed E-state index contributed by atoms with van der Waals surface area (Å²) in [7, 11) is 0. The van der Waals surface area contributed by atoms with E-state index in [0.29, 0.717) is 11.7 Å². The zero-order valence-corrected chi connectivity index (χ0v) is 7.04. The third-order valence-corrected chi connectivity index (χ3v) is 2.92. The van der Waals surface area contributed by atoms with Crippen LogP contribution in [-0.2, 0) is 0 Å². The molecule has 0 fully saturated rings.